The highest BCUT2D eigenvalue weighted by Gasteiger charge is 2.60. The van der Waals surface area contributed by atoms with Gasteiger partial charge in [0.15, 0.2) is 0 Å². The molecule has 21 heavy (non-hydrogen) atoms. The third-order valence-corrected chi connectivity index (χ3v) is 3.90. The van der Waals surface area contributed by atoms with Crippen LogP contribution in [0.2, 0.25) is 0 Å². The van der Waals surface area contributed by atoms with Gasteiger partial charge >= 0.3 is 0 Å². The zero-order valence-electron chi connectivity index (χ0n) is 12.8. The number of allylic oxidation sites excluding steroid dienone is 2. The van der Waals surface area contributed by atoms with Crippen LogP contribution in [-0.2, 0) is 4.79 Å². The molecule has 0 spiro atoms. The lowest BCUT2D eigenvalue weighted by Gasteiger charge is -2.07. The lowest BCUT2D eigenvalue weighted by Crippen LogP contribution is -2.43. The van der Waals surface area contributed by atoms with Gasteiger partial charge in [0.05, 0.1) is 5.92 Å². The minimum atomic E-state index is -0.416. The van der Waals surface area contributed by atoms with E-state index in [0.29, 0.717) is 0 Å². The summed E-state index contributed by atoms with van der Waals surface area (Å²) in [4.78, 5) is 27.9. The number of carbonyl (C=O) groups excluding carboxylic acids is 2. The summed E-state index contributed by atoms with van der Waals surface area (Å²) < 4.78 is 0. The zero-order chi connectivity index (χ0) is 15.6. The minimum absolute atomic E-state index is 0.0723. The number of carbonyl (C=O) groups is 2. The maximum Gasteiger partial charge on any atom is 0.288 e. The summed E-state index contributed by atoms with van der Waals surface area (Å²) in [6.07, 6.45) is 3.65. The molecule has 5 nitrogen and oxygen atoms in total. The van der Waals surface area contributed by atoms with Gasteiger partial charge in [-0.05, 0) is 37.3 Å². The Kier molecular flexibility index (Phi) is 4.11. The Morgan fingerprint density at radius 3 is 2.52 bits per heavy atom. The minimum Gasteiger partial charge on any atom is -0.273 e. The Morgan fingerprint density at radius 1 is 1.24 bits per heavy atom. The molecular weight excluding hydrogens is 266 g/mol. The van der Waals surface area contributed by atoms with Crippen molar-refractivity contribution in [3.8, 4) is 0 Å². The number of aromatic nitrogens is 1. The predicted molar refractivity (Wildman–Crippen MR) is 80.0 cm³/mol. The quantitative estimate of drug-likeness (QED) is 0.660. The van der Waals surface area contributed by atoms with Gasteiger partial charge in [-0.3, -0.25) is 25.4 Å². The van der Waals surface area contributed by atoms with Crippen molar-refractivity contribution in [3.05, 3.63) is 41.7 Å². The number of hydrogen-bond donors (Lipinski definition) is 2. The van der Waals surface area contributed by atoms with E-state index >= 15 is 0 Å². The van der Waals surface area contributed by atoms with E-state index in [1.165, 1.54) is 11.8 Å². The molecule has 1 fully saturated rings. The van der Waals surface area contributed by atoms with E-state index in [2.05, 4.69) is 35.8 Å². The van der Waals surface area contributed by atoms with Crippen LogP contribution in [0, 0.1) is 17.3 Å². The first kappa shape index (κ1) is 15.2. The van der Waals surface area contributed by atoms with Gasteiger partial charge in [0.2, 0.25) is 5.91 Å². The van der Waals surface area contributed by atoms with Crippen LogP contribution < -0.4 is 10.9 Å². The molecule has 1 aromatic rings. The standard InChI is InChI=1S/C16H21N3O2/c1-10(2)9-11-13(16(11,3)4)15(21)19-18-14(20)12-7-5-6-8-17-12/h5-9,11,13H,1-4H3,(H,18,20)(H,19,21). The van der Waals surface area contributed by atoms with Gasteiger partial charge in [-0.25, -0.2) is 0 Å². The molecule has 0 bridgehead atoms. The summed E-state index contributed by atoms with van der Waals surface area (Å²) in [5.41, 5.74) is 6.30. The molecule has 112 valence electrons. The number of pyridine rings is 1. The van der Waals surface area contributed by atoms with Crippen LogP contribution in [0.4, 0.5) is 0 Å². The molecule has 0 aromatic carbocycles. The molecule has 2 rings (SSSR count). The first-order valence-corrected chi connectivity index (χ1v) is 7.00. The van der Waals surface area contributed by atoms with Crippen LogP contribution >= 0.6 is 0 Å². The summed E-state index contributed by atoms with van der Waals surface area (Å²) >= 11 is 0. The molecule has 2 unspecified atom stereocenters. The zero-order valence-corrected chi connectivity index (χ0v) is 12.8. The summed E-state index contributed by atoms with van der Waals surface area (Å²) in [6, 6.07) is 5.04. The fourth-order valence-corrected chi connectivity index (χ4v) is 2.61. The highest BCUT2D eigenvalue weighted by molar-refractivity contribution is 5.94. The Hall–Kier alpha value is -2.17. The maximum atomic E-state index is 12.2. The van der Waals surface area contributed by atoms with Gasteiger partial charge in [-0.1, -0.05) is 31.6 Å². The van der Waals surface area contributed by atoms with Crippen molar-refractivity contribution in [1.29, 1.82) is 0 Å². The second-order valence-corrected chi connectivity index (χ2v) is 6.23. The number of amides is 2. The number of hydrazine groups is 1. The van der Waals surface area contributed by atoms with Gasteiger partial charge in [0.25, 0.3) is 5.91 Å². The molecule has 0 saturated heterocycles. The summed E-state index contributed by atoms with van der Waals surface area (Å²) in [6.45, 7) is 8.16. The molecule has 5 heteroatoms. The smallest absolute Gasteiger partial charge is 0.273 e. The Balaban J connectivity index is 1.92. The molecule has 1 aliphatic rings. The highest BCUT2D eigenvalue weighted by atomic mass is 16.2. The van der Waals surface area contributed by atoms with Crippen molar-refractivity contribution in [2.24, 2.45) is 17.3 Å². The number of hydrogen-bond acceptors (Lipinski definition) is 3. The molecule has 1 aromatic heterocycles. The second kappa shape index (κ2) is 5.68. The summed E-state index contributed by atoms with van der Waals surface area (Å²) in [7, 11) is 0. The van der Waals surface area contributed by atoms with E-state index in [0.717, 1.165) is 0 Å². The Bertz CT molecular complexity index is 574. The fraction of sp³-hybridized carbons (Fsp3) is 0.438. The van der Waals surface area contributed by atoms with E-state index in [1.54, 1.807) is 18.2 Å². The van der Waals surface area contributed by atoms with E-state index in [4.69, 9.17) is 0 Å². The molecule has 2 atom stereocenters. The van der Waals surface area contributed by atoms with E-state index in [9.17, 15) is 9.59 Å². The lowest BCUT2D eigenvalue weighted by atomic mass is 10.1. The van der Waals surface area contributed by atoms with Crippen LogP contribution in [0.25, 0.3) is 0 Å². The predicted octanol–water partition coefficient (Wildman–Crippen LogP) is 2.08. The fourth-order valence-electron chi connectivity index (χ4n) is 2.61. The van der Waals surface area contributed by atoms with Crippen molar-refractivity contribution >= 4 is 11.8 Å². The number of nitrogens with one attached hydrogen (secondary N) is 2. The monoisotopic (exact) mass is 287 g/mol. The molecule has 2 N–H and O–H groups in total. The van der Waals surface area contributed by atoms with Crippen molar-refractivity contribution in [3.63, 3.8) is 0 Å². The highest BCUT2D eigenvalue weighted by Crippen LogP contribution is 2.59. The number of rotatable bonds is 3. The second-order valence-electron chi connectivity index (χ2n) is 6.23. The number of nitrogens with zero attached hydrogens (tertiary/aromatic N) is 1. The first-order chi connectivity index (χ1) is 9.84. The van der Waals surface area contributed by atoms with Crippen molar-refractivity contribution < 1.29 is 9.59 Å². The molecule has 0 radical (unpaired) electrons. The molecular formula is C16H21N3O2. The van der Waals surface area contributed by atoms with Crippen LogP contribution in [0.1, 0.15) is 38.2 Å². The van der Waals surface area contributed by atoms with E-state index < -0.39 is 5.91 Å². The third kappa shape index (κ3) is 3.29. The average molecular weight is 287 g/mol. The van der Waals surface area contributed by atoms with Crippen LogP contribution in [-0.4, -0.2) is 16.8 Å². The summed E-state index contributed by atoms with van der Waals surface area (Å²) in [5, 5.41) is 0. The van der Waals surface area contributed by atoms with Gasteiger partial charge < -0.3 is 0 Å². The normalized spacial score (nSPS) is 22.1. The third-order valence-electron chi connectivity index (χ3n) is 3.90. The Labute approximate surface area is 124 Å². The maximum absolute atomic E-state index is 12.2. The van der Waals surface area contributed by atoms with Gasteiger partial charge in [-0.15, -0.1) is 0 Å². The lowest BCUT2D eigenvalue weighted by molar-refractivity contribution is -0.123. The van der Waals surface area contributed by atoms with Crippen molar-refractivity contribution in [2.75, 3.05) is 0 Å². The van der Waals surface area contributed by atoms with Gasteiger partial charge in [-0.2, -0.15) is 0 Å². The molecule has 2 amide bonds. The largest absolute Gasteiger partial charge is 0.288 e. The SMILES string of the molecule is CC(C)=CC1C(C(=O)NNC(=O)c2ccccn2)C1(C)C. The molecule has 1 aliphatic carbocycles. The molecule has 1 saturated carbocycles. The van der Waals surface area contributed by atoms with Crippen LogP contribution in [0.5, 0.6) is 0 Å². The summed E-state index contributed by atoms with van der Waals surface area (Å²) in [5.74, 6) is -0.473. The van der Waals surface area contributed by atoms with Gasteiger partial charge in [0, 0.05) is 6.20 Å². The molecule has 1 heterocycles. The van der Waals surface area contributed by atoms with Crippen molar-refractivity contribution in [2.45, 2.75) is 27.7 Å². The van der Waals surface area contributed by atoms with E-state index in [1.807, 2.05) is 13.8 Å². The van der Waals surface area contributed by atoms with Crippen molar-refractivity contribution in [1.82, 2.24) is 15.8 Å². The average Bonchev–Trinajstić information content (AvgIpc) is 2.97. The van der Waals surface area contributed by atoms with Crippen LogP contribution in [0.3, 0.4) is 0 Å². The molecule has 0 aliphatic heterocycles. The topological polar surface area (TPSA) is 71.1 Å². The van der Waals surface area contributed by atoms with E-state index in [-0.39, 0.29) is 28.9 Å². The van der Waals surface area contributed by atoms with Crippen LogP contribution in [0.15, 0.2) is 36.0 Å². The first-order valence-electron chi connectivity index (χ1n) is 7.00. The Morgan fingerprint density at radius 2 is 1.95 bits per heavy atom. The van der Waals surface area contributed by atoms with Gasteiger partial charge in [0.1, 0.15) is 5.69 Å².